The van der Waals surface area contributed by atoms with Gasteiger partial charge < -0.3 is 13.6 Å². The molecule has 0 bridgehead atoms. The zero-order valence-corrected chi connectivity index (χ0v) is 19.6. The molecule has 8 aromatic rings. The van der Waals surface area contributed by atoms with Gasteiger partial charge in [-0.05, 0) is 30.3 Å². The summed E-state index contributed by atoms with van der Waals surface area (Å²) in [5.41, 5.74) is 8.43. The lowest BCUT2D eigenvalue weighted by Crippen LogP contribution is -2.03. The molecule has 0 spiro atoms. The summed E-state index contributed by atoms with van der Waals surface area (Å²) in [6.07, 6.45) is 0. The monoisotopic (exact) mass is 463 g/mol. The molecule has 0 aliphatic rings. The van der Waals surface area contributed by atoms with Gasteiger partial charge in [-0.25, -0.2) is 4.98 Å². The van der Waals surface area contributed by atoms with Gasteiger partial charge in [0.25, 0.3) is 0 Å². The summed E-state index contributed by atoms with van der Waals surface area (Å²) < 4.78 is 10.8. The van der Waals surface area contributed by atoms with Crippen LogP contribution < -0.4 is 0 Å². The molecule has 4 heteroatoms. The number of aryl methyl sites for hydroxylation is 1. The van der Waals surface area contributed by atoms with Crippen molar-refractivity contribution in [1.82, 2.24) is 14.1 Å². The van der Waals surface area contributed by atoms with E-state index in [0.717, 1.165) is 33.5 Å². The summed E-state index contributed by atoms with van der Waals surface area (Å²) in [7, 11) is 0. The van der Waals surface area contributed by atoms with Crippen molar-refractivity contribution in [2.24, 2.45) is 0 Å². The van der Waals surface area contributed by atoms with Crippen LogP contribution in [0.1, 0.15) is 5.89 Å². The summed E-state index contributed by atoms with van der Waals surface area (Å²) in [5.74, 6) is 0.664. The van der Waals surface area contributed by atoms with E-state index < -0.39 is 0 Å². The maximum absolute atomic E-state index is 6.04. The van der Waals surface area contributed by atoms with Crippen LogP contribution in [0.3, 0.4) is 0 Å². The second kappa shape index (κ2) is 7.09. The SMILES string of the molecule is Cc1nc2cc(-n3c4ccccc4c4ccccc43)c(-n3c4ccccc4c4ccccc43)cc2o1. The predicted octanol–water partition coefficient (Wildman–Crippen LogP) is 8.33. The van der Waals surface area contributed by atoms with E-state index in [0.29, 0.717) is 5.89 Å². The van der Waals surface area contributed by atoms with E-state index in [1.165, 1.54) is 32.6 Å². The van der Waals surface area contributed by atoms with Crippen molar-refractivity contribution in [1.29, 1.82) is 0 Å². The van der Waals surface area contributed by atoms with Crippen molar-refractivity contribution in [3.8, 4) is 11.4 Å². The average molecular weight is 464 g/mol. The Labute approximate surface area is 206 Å². The van der Waals surface area contributed by atoms with Crippen molar-refractivity contribution < 1.29 is 4.42 Å². The lowest BCUT2D eigenvalue weighted by Gasteiger charge is -2.16. The molecule has 8 rings (SSSR count). The molecule has 3 aromatic heterocycles. The predicted molar refractivity (Wildman–Crippen MR) is 147 cm³/mol. The summed E-state index contributed by atoms with van der Waals surface area (Å²) in [4.78, 5) is 4.70. The van der Waals surface area contributed by atoms with Gasteiger partial charge in [0.1, 0.15) is 5.52 Å². The zero-order valence-electron chi connectivity index (χ0n) is 19.6. The van der Waals surface area contributed by atoms with E-state index in [9.17, 15) is 0 Å². The van der Waals surface area contributed by atoms with Gasteiger partial charge in [0.2, 0.25) is 0 Å². The quantitative estimate of drug-likeness (QED) is 0.258. The van der Waals surface area contributed by atoms with Crippen molar-refractivity contribution >= 4 is 54.7 Å². The number of nitrogens with zero attached hydrogens (tertiary/aromatic N) is 3. The van der Waals surface area contributed by atoms with Crippen molar-refractivity contribution in [2.45, 2.75) is 6.92 Å². The molecule has 5 aromatic carbocycles. The van der Waals surface area contributed by atoms with Crippen LogP contribution in [0.25, 0.3) is 66.1 Å². The van der Waals surface area contributed by atoms with Crippen LogP contribution in [0.5, 0.6) is 0 Å². The van der Waals surface area contributed by atoms with E-state index in [2.05, 4.69) is 118 Å². The van der Waals surface area contributed by atoms with E-state index >= 15 is 0 Å². The molecule has 0 unspecified atom stereocenters. The first kappa shape index (κ1) is 19.5. The summed E-state index contributed by atoms with van der Waals surface area (Å²) in [6.45, 7) is 1.90. The number of oxazole rings is 1. The maximum Gasteiger partial charge on any atom is 0.192 e. The minimum atomic E-state index is 0.664. The van der Waals surface area contributed by atoms with Gasteiger partial charge in [0.15, 0.2) is 11.5 Å². The van der Waals surface area contributed by atoms with Crippen LogP contribution in [0, 0.1) is 6.92 Å². The van der Waals surface area contributed by atoms with Crippen LogP contribution in [0.15, 0.2) is 114 Å². The van der Waals surface area contributed by atoms with Crippen molar-refractivity contribution in [3.05, 3.63) is 115 Å². The molecule has 0 radical (unpaired) electrons. The first-order valence-corrected chi connectivity index (χ1v) is 12.2. The molecule has 0 N–H and O–H groups in total. The van der Waals surface area contributed by atoms with Crippen molar-refractivity contribution in [2.75, 3.05) is 0 Å². The van der Waals surface area contributed by atoms with Gasteiger partial charge in [0, 0.05) is 34.5 Å². The Morgan fingerprint density at radius 2 is 0.917 bits per heavy atom. The third kappa shape index (κ3) is 2.56. The molecular weight excluding hydrogens is 442 g/mol. The topological polar surface area (TPSA) is 35.9 Å². The highest BCUT2D eigenvalue weighted by Crippen LogP contribution is 2.39. The van der Waals surface area contributed by atoms with E-state index in [-0.39, 0.29) is 0 Å². The first-order valence-electron chi connectivity index (χ1n) is 12.2. The third-order valence-electron chi connectivity index (χ3n) is 7.23. The molecule has 0 atom stereocenters. The van der Waals surface area contributed by atoms with Gasteiger partial charge in [-0.3, -0.25) is 0 Å². The smallest absolute Gasteiger partial charge is 0.192 e. The van der Waals surface area contributed by atoms with Gasteiger partial charge in [-0.15, -0.1) is 0 Å². The van der Waals surface area contributed by atoms with E-state index in [1.54, 1.807) is 0 Å². The number of aromatic nitrogens is 3. The fourth-order valence-electron chi connectivity index (χ4n) is 5.79. The minimum absolute atomic E-state index is 0.664. The molecule has 0 saturated heterocycles. The van der Waals surface area contributed by atoms with Crippen LogP contribution >= 0.6 is 0 Å². The van der Waals surface area contributed by atoms with Crippen LogP contribution in [0.4, 0.5) is 0 Å². The largest absolute Gasteiger partial charge is 0.441 e. The van der Waals surface area contributed by atoms with Gasteiger partial charge in [-0.2, -0.15) is 0 Å². The van der Waals surface area contributed by atoms with E-state index in [4.69, 9.17) is 9.40 Å². The highest BCUT2D eigenvalue weighted by atomic mass is 16.3. The number of rotatable bonds is 2. The lowest BCUT2D eigenvalue weighted by atomic mass is 10.2. The summed E-state index contributed by atoms with van der Waals surface area (Å²) in [5, 5.41) is 4.93. The summed E-state index contributed by atoms with van der Waals surface area (Å²) in [6, 6.07) is 38.8. The van der Waals surface area contributed by atoms with Gasteiger partial charge >= 0.3 is 0 Å². The second-order valence-corrected chi connectivity index (χ2v) is 9.28. The van der Waals surface area contributed by atoms with E-state index in [1.807, 2.05) is 6.92 Å². The fourth-order valence-corrected chi connectivity index (χ4v) is 5.79. The number of para-hydroxylation sites is 4. The Hall–Kier alpha value is -4.83. The number of hydrogen-bond donors (Lipinski definition) is 0. The molecule has 0 amide bonds. The molecule has 4 nitrogen and oxygen atoms in total. The number of hydrogen-bond acceptors (Lipinski definition) is 2. The Kier molecular flexibility index (Phi) is 3.84. The first-order chi connectivity index (χ1) is 17.8. The van der Waals surface area contributed by atoms with Gasteiger partial charge in [0.05, 0.1) is 33.4 Å². The Morgan fingerprint density at radius 1 is 0.528 bits per heavy atom. The standard InChI is InChI=1S/C32H21N3O/c1-20-33-25-18-30(34-26-14-6-2-10-21(26)22-11-3-7-15-27(22)34)31(19-32(25)36-20)35-28-16-8-4-12-23(28)24-13-5-9-17-29(24)35/h2-19H,1H3. The third-order valence-corrected chi connectivity index (χ3v) is 7.23. The minimum Gasteiger partial charge on any atom is -0.441 e. The molecule has 170 valence electrons. The molecular formula is C32H21N3O. The highest BCUT2D eigenvalue weighted by molar-refractivity contribution is 6.11. The molecule has 0 saturated carbocycles. The Balaban J connectivity index is 1.60. The Morgan fingerprint density at radius 3 is 1.36 bits per heavy atom. The van der Waals surface area contributed by atoms with Gasteiger partial charge in [-0.1, -0.05) is 72.8 Å². The van der Waals surface area contributed by atoms with Crippen LogP contribution in [0.2, 0.25) is 0 Å². The average Bonchev–Trinajstić information content (AvgIpc) is 3.56. The normalized spacial score (nSPS) is 12.0. The highest BCUT2D eigenvalue weighted by Gasteiger charge is 2.21. The summed E-state index contributed by atoms with van der Waals surface area (Å²) >= 11 is 0. The number of fused-ring (bicyclic) bond motifs is 7. The fraction of sp³-hybridized carbons (Fsp3) is 0.0312. The lowest BCUT2D eigenvalue weighted by molar-refractivity contribution is 0.561. The zero-order chi connectivity index (χ0) is 23.8. The number of benzene rings is 5. The Bertz CT molecular complexity index is 1870. The molecule has 3 heterocycles. The molecule has 0 fully saturated rings. The van der Waals surface area contributed by atoms with Crippen LogP contribution in [-0.4, -0.2) is 14.1 Å². The molecule has 0 aliphatic carbocycles. The maximum atomic E-state index is 6.04. The van der Waals surface area contributed by atoms with Crippen molar-refractivity contribution in [3.63, 3.8) is 0 Å². The van der Waals surface area contributed by atoms with Crippen LogP contribution in [-0.2, 0) is 0 Å². The molecule has 0 aliphatic heterocycles. The second-order valence-electron chi connectivity index (χ2n) is 9.28. The molecule has 36 heavy (non-hydrogen) atoms.